The second-order valence-corrected chi connectivity index (χ2v) is 12.6. The maximum Gasteiger partial charge on any atom is 0.192 e. The van der Waals surface area contributed by atoms with Gasteiger partial charge < -0.3 is 9.53 Å². The molecule has 127 valence electrons. The van der Waals surface area contributed by atoms with Crippen LogP contribution in [-0.4, -0.2) is 19.5 Å². The highest BCUT2D eigenvalue weighted by atomic mass is 28.4. The van der Waals surface area contributed by atoms with Crippen molar-refractivity contribution in [2.45, 2.75) is 110 Å². The van der Waals surface area contributed by atoms with Crippen molar-refractivity contribution >= 4 is 8.32 Å². The molecule has 0 rings (SSSR count). The molecule has 0 aliphatic heterocycles. The minimum Gasteiger partial charge on any atom is -0.411 e. The molecule has 0 saturated heterocycles. The summed E-state index contributed by atoms with van der Waals surface area (Å²) >= 11 is 0. The molecule has 0 fully saturated rings. The Bertz CT molecular complexity index is 246. The highest BCUT2D eigenvalue weighted by Gasteiger charge is 2.37. The van der Waals surface area contributed by atoms with Gasteiger partial charge in [-0.25, -0.2) is 0 Å². The SMILES string of the molecule is CCCCCCCCCC(O)C[CH]O[Si](C)(C)C(C)(C)C. The zero-order valence-corrected chi connectivity index (χ0v) is 16.4. The van der Waals surface area contributed by atoms with Crippen LogP contribution >= 0.6 is 0 Å². The van der Waals surface area contributed by atoms with Gasteiger partial charge in [0, 0.05) is 6.42 Å². The number of unbranched alkanes of at least 4 members (excludes halogenated alkanes) is 6. The van der Waals surface area contributed by atoms with E-state index in [1.165, 1.54) is 38.5 Å². The molecule has 1 N–H and O–H groups in total. The lowest BCUT2D eigenvalue weighted by Gasteiger charge is -2.36. The van der Waals surface area contributed by atoms with E-state index < -0.39 is 8.32 Å². The topological polar surface area (TPSA) is 29.5 Å². The quantitative estimate of drug-likeness (QED) is 0.350. The van der Waals surface area contributed by atoms with E-state index in [9.17, 15) is 5.11 Å². The van der Waals surface area contributed by atoms with E-state index in [1.54, 1.807) is 0 Å². The Kier molecular flexibility index (Phi) is 10.9. The molecule has 2 nitrogen and oxygen atoms in total. The van der Waals surface area contributed by atoms with Gasteiger partial charge in [-0.05, 0) is 24.6 Å². The lowest BCUT2D eigenvalue weighted by atomic mass is 10.1. The number of aliphatic hydroxyl groups excluding tert-OH is 1. The number of aliphatic hydroxyl groups is 1. The fraction of sp³-hybridized carbons (Fsp3) is 0.944. The van der Waals surface area contributed by atoms with E-state index in [-0.39, 0.29) is 11.1 Å². The summed E-state index contributed by atoms with van der Waals surface area (Å²) in [7, 11) is -1.70. The molecule has 0 bridgehead atoms. The molecule has 0 saturated carbocycles. The van der Waals surface area contributed by atoms with Crippen LogP contribution in [0.1, 0.15) is 85.5 Å². The molecule has 0 spiro atoms. The Labute approximate surface area is 134 Å². The summed E-state index contributed by atoms with van der Waals surface area (Å²) in [6.45, 7) is 15.3. The normalized spacial score (nSPS) is 14.4. The van der Waals surface area contributed by atoms with E-state index in [0.29, 0.717) is 6.42 Å². The summed E-state index contributed by atoms with van der Waals surface area (Å²) in [5, 5.41) is 10.2. The van der Waals surface area contributed by atoms with Crippen molar-refractivity contribution < 1.29 is 9.53 Å². The third kappa shape index (κ3) is 10.5. The Balaban J connectivity index is 3.57. The van der Waals surface area contributed by atoms with Gasteiger partial charge in [-0.1, -0.05) is 72.6 Å². The van der Waals surface area contributed by atoms with Gasteiger partial charge in [-0.2, -0.15) is 0 Å². The standard InChI is InChI=1S/C18H39O2Si/c1-7-8-9-10-11-12-13-14-17(19)15-16-20-21(5,6)18(2,3)4/h16-17,19H,7-15H2,1-6H3. The first kappa shape index (κ1) is 21.1. The van der Waals surface area contributed by atoms with Crippen molar-refractivity contribution in [3.05, 3.63) is 6.61 Å². The molecule has 0 amide bonds. The van der Waals surface area contributed by atoms with E-state index >= 15 is 0 Å². The van der Waals surface area contributed by atoms with Crippen LogP contribution < -0.4 is 0 Å². The first-order valence-electron chi connectivity index (χ1n) is 8.88. The fourth-order valence-electron chi connectivity index (χ4n) is 2.00. The summed E-state index contributed by atoms with van der Waals surface area (Å²) in [4.78, 5) is 0. The average molecular weight is 316 g/mol. The Morgan fingerprint density at radius 2 is 1.52 bits per heavy atom. The van der Waals surface area contributed by atoms with Crippen LogP contribution in [0.3, 0.4) is 0 Å². The average Bonchev–Trinajstić information content (AvgIpc) is 2.36. The minimum atomic E-state index is -1.70. The predicted molar refractivity (Wildman–Crippen MR) is 95.8 cm³/mol. The molecule has 1 atom stereocenters. The Morgan fingerprint density at radius 3 is 2.05 bits per heavy atom. The molecule has 21 heavy (non-hydrogen) atoms. The second-order valence-electron chi connectivity index (χ2n) is 7.84. The molecule has 1 radical (unpaired) electrons. The van der Waals surface area contributed by atoms with Crippen molar-refractivity contribution in [2.24, 2.45) is 0 Å². The molecule has 3 heteroatoms. The van der Waals surface area contributed by atoms with Crippen molar-refractivity contribution in [2.75, 3.05) is 0 Å². The third-order valence-electron chi connectivity index (χ3n) is 4.69. The van der Waals surface area contributed by atoms with Crippen LogP contribution in [0.25, 0.3) is 0 Å². The summed E-state index contributed by atoms with van der Waals surface area (Å²) in [5.74, 6) is 0. The predicted octanol–water partition coefficient (Wildman–Crippen LogP) is 6.06. The van der Waals surface area contributed by atoms with Gasteiger partial charge in [0.1, 0.15) is 0 Å². The monoisotopic (exact) mass is 315 g/mol. The molecular formula is C18H39O2Si. The van der Waals surface area contributed by atoms with Gasteiger partial charge in [0.25, 0.3) is 0 Å². The van der Waals surface area contributed by atoms with Crippen LogP contribution in [-0.2, 0) is 4.43 Å². The Hall–Kier alpha value is 0.137. The largest absolute Gasteiger partial charge is 0.411 e. The van der Waals surface area contributed by atoms with Crippen LogP contribution in [0, 0.1) is 6.61 Å². The number of hydrogen-bond donors (Lipinski definition) is 1. The summed E-state index contributed by atoms with van der Waals surface area (Å²) in [5.41, 5.74) is 0. The van der Waals surface area contributed by atoms with Crippen molar-refractivity contribution in [3.8, 4) is 0 Å². The maximum atomic E-state index is 9.99. The molecule has 0 aliphatic rings. The van der Waals surface area contributed by atoms with Gasteiger partial charge in [-0.15, -0.1) is 0 Å². The second kappa shape index (κ2) is 10.8. The zero-order valence-electron chi connectivity index (χ0n) is 15.4. The number of rotatable bonds is 12. The van der Waals surface area contributed by atoms with E-state index in [4.69, 9.17) is 4.43 Å². The van der Waals surface area contributed by atoms with E-state index in [1.807, 2.05) is 6.61 Å². The Morgan fingerprint density at radius 1 is 1.00 bits per heavy atom. The first-order chi connectivity index (χ1) is 9.70. The highest BCUT2D eigenvalue weighted by Crippen LogP contribution is 2.37. The molecule has 0 aromatic heterocycles. The van der Waals surface area contributed by atoms with Crippen LogP contribution in [0.2, 0.25) is 18.1 Å². The lowest BCUT2D eigenvalue weighted by Crippen LogP contribution is -2.40. The minimum absolute atomic E-state index is 0.229. The molecule has 0 heterocycles. The summed E-state index contributed by atoms with van der Waals surface area (Å²) < 4.78 is 5.99. The van der Waals surface area contributed by atoms with Crippen molar-refractivity contribution in [1.82, 2.24) is 0 Å². The third-order valence-corrected chi connectivity index (χ3v) is 9.06. The first-order valence-corrected chi connectivity index (χ1v) is 11.8. The fourth-order valence-corrected chi connectivity index (χ4v) is 2.87. The highest BCUT2D eigenvalue weighted by molar-refractivity contribution is 6.74. The van der Waals surface area contributed by atoms with Gasteiger partial charge >= 0.3 is 0 Å². The van der Waals surface area contributed by atoms with E-state index in [0.717, 1.165) is 12.8 Å². The smallest absolute Gasteiger partial charge is 0.192 e. The lowest BCUT2D eigenvalue weighted by molar-refractivity contribution is 0.143. The zero-order chi connectivity index (χ0) is 16.4. The molecule has 0 aliphatic carbocycles. The van der Waals surface area contributed by atoms with E-state index in [2.05, 4.69) is 40.8 Å². The number of hydrogen-bond acceptors (Lipinski definition) is 2. The van der Waals surface area contributed by atoms with Gasteiger partial charge in [0.05, 0.1) is 12.7 Å². The maximum absolute atomic E-state index is 9.99. The van der Waals surface area contributed by atoms with Crippen LogP contribution in [0.15, 0.2) is 0 Å². The van der Waals surface area contributed by atoms with Gasteiger partial charge in [-0.3, -0.25) is 0 Å². The summed E-state index contributed by atoms with van der Waals surface area (Å²) in [6.07, 6.45) is 10.4. The van der Waals surface area contributed by atoms with Crippen molar-refractivity contribution in [1.29, 1.82) is 0 Å². The van der Waals surface area contributed by atoms with Gasteiger partial charge in [0.15, 0.2) is 8.32 Å². The molecule has 0 aromatic rings. The molecule has 0 aromatic carbocycles. The van der Waals surface area contributed by atoms with Crippen LogP contribution in [0.5, 0.6) is 0 Å². The van der Waals surface area contributed by atoms with Crippen LogP contribution in [0.4, 0.5) is 0 Å². The van der Waals surface area contributed by atoms with Gasteiger partial charge in [0.2, 0.25) is 0 Å². The molecular weight excluding hydrogens is 276 g/mol. The van der Waals surface area contributed by atoms with Crippen molar-refractivity contribution in [3.63, 3.8) is 0 Å². The summed E-state index contributed by atoms with van der Waals surface area (Å²) in [6, 6.07) is 0. The molecule has 1 unspecified atom stereocenters.